The maximum absolute atomic E-state index is 13.1. The van der Waals surface area contributed by atoms with Gasteiger partial charge in [-0.05, 0) is 65.8 Å². The number of aromatic nitrogens is 2. The average molecular weight is 436 g/mol. The molecule has 23 heavy (non-hydrogen) atoms. The second-order valence-corrected chi connectivity index (χ2v) is 7.64. The van der Waals surface area contributed by atoms with Gasteiger partial charge in [0.15, 0.2) is 5.16 Å². The first kappa shape index (κ1) is 16.5. The topological polar surface area (TPSA) is 34.9 Å². The van der Waals surface area contributed by atoms with E-state index in [1.807, 2.05) is 49.4 Å². The van der Waals surface area contributed by atoms with E-state index in [0.29, 0.717) is 5.39 Å². The lowest BCUT2D eigenvalue weighted by Gasteiger charge is -2.15. The van der Waals surface area contributed by atoms with Crippen molar-refractivity contribution in [2.45, 2.75) is 25.4 Å². The van der Waals surface area contributed by atoms with Crippen LogP contribution >= 0.6 is 34.4 Å². The molecule has 2 aromatic carbocycles. The fourth-order valence-electron chi connectivity index (χ4n) is 2.45. The Morgan fingerprint density at radius 3 is 2.74 bits per heavy atom. The van der Waals surface area contributed by atoms with Gasteiger partial charge in [-0.15, -0.1) is 0 Å². The molecule has 0 saturated heterocycles. The Hall–Kier alpha value is -1.34. The van der Waals surface area contributed by atoms with Crippen LogP contribution in [-0.4, -0.2) is 15.3 Å². The molecule has 3 aromatic rings. The van der Waals surface area contributed by atoms with Gasteiger partial charge in [0.25, 0.3) is 5.56 Å². The first-order valence-corrected chi connectivity index (χ1v) is 9.59. The maximum Gasteiger partial charge on any atom is 0.266 e. The van der Waals surface area contributed by atoms with Gasteiger partial charge in [0.2, 0.25) is 0 Å². The number of aryl methyl sites for hydroxylation is 1. The summed E-state index contributed by atoms with van der Waals surface area (Å²) in [6.07, 6.45) is 1.04. The summed E-state index contributed by atoms with van der Waals surface area (Å²) in [7, 11) is 0. The van der Waals surface area contributed by atoms with Gasteiger partial charge >= 0.3 is 0 Å². The lowest BCUT2D eigenvalue weighted by Crippen LogP contribution is -2.22. The summed E-state index contributed by atoms with van der Waals surface area (Å²) in [4.78, 5) is 17.9. The fourth-order valence-corrected chi connectivity index (χ4v) is 3.81. The molecule has 118 valence electrons. The smallest absolute Gasteiger partial charge is 0.266 e. The van der Waals surface area contributed by atoms with Crippen molar-refractivity contribution in [3.8, 4) is 5.69 Å². The van der Waals surface area contributed by atoms with Gasteiger partial charge in [0.1, 0.15) is 0 Å². The average Bonchev–Trinajstić information content (AvgIpc) is 2.55. The molecule has 1 heterocycles. The molecule has 5 heteroatoms. The number of thioether (sulfide) groups is 1. The Balaban J connectivity index is 2.34. The quantitative estimate of drug-likeness (QED) is 0.335. The molecule has 0 spiro atoms. The molecule has 0 amide bonds. The van der Waals surface area contributed by atoms with Crippen molar-refractivity contribution in [3.05, 3.63) is 62.0 Å². The highest BCUT2D eigenvalue weighted by molar-refractivity contribution is 14.1. The van der Waals surface area contributed by atoms with Crippen LogP contribution in [0.4, 0.5) is 0 Å². The summed E-state index contributed by atoms with van der Waals surface area (Å²) in [6, 6.07) is 13.8. The van der Waals surface area contributed by atoms with E-state index >= 15 is 0 Å². The SMILES string of the molecule is CCCSc1nc2ccc(I)cc2c(=O)n1-c1ccccc1C. The zero-order chi connectivity index (χ0) is 16.4. The summed E-state index contributed by atoms with van der Waals surface area (Å²) < 4.78 is 2.80. The van der Waals surface area contributed by atoms with Crippen LogP contribution in [0.2, 0.25) is 0 Å². The zero-order valence-corrected chi connectivity index (χ0v) is 16.0. The van der Waals surface area contributed by atoms with Crippen molar-refractivity contribution in [3.63, 3.8) is 0 Å². The van der Waals surface area contributed by atoms with E-state index in [1.165, 1.54) is 0 Å². The van der Waals surface area contributed by atoms with Crippen LogP contribution in [-0.2, 0) is 0 Å². The van der Waals surface area contributed by atoms with E-state index in [4.69, 9.17) is 4.98 Å². The third kappa shape index (κ3) is 3.30. The van der Waals surface area contributed by atoms with Gasteiger partial charge in [0.05, 0.1) is 16.6 Å². The van der Waals surface area contributed by atoms with Gasteiger partial charge in [0, 0.05) is 9.32 Å². The van der Waals surface area contributed by atoms with Crippen LogP contribution in [0.5, 0.6) is 0 Å². The van der Waals surface area contributed by atoms with E-state index in [2.05, 4.69) is 29.5 Å². The van der Waals surface area contributed by atoms with Crippen LogP contribution < -0.4 is 5.56 Å². The van der Waals surface area contributed by atoms with Crippen molar-refractivity contribution < 1.29 is 0 Å². The number of benzene rings is 2. The Labute approximate surface area is 153 Å². The monoisotopic (exact) mass is 436 g/mol. The molecule has 0 radical (unpaired) electrons. The molecule has 0 unspecified atom stereocenters. The van der Waals surface area contributed by atoms with Crippen molar-refractivity contribution in [1.82, 2.24) is 9.55 Å². The second kappa shape index (κ2) is 7.05. The molecule has 0 saturated carbocycles. The molecule has 0 fully saturated rings. The van der Waals surface area contributed by atoms with Gasteiger partial charge in [-0.3, -0.25) is 9.36 Å². The number of halogens is 1. The fraction of sp³-hybridized carbons (Fsp3) is 0.222. The predicted octanol–water partition coefficient (Wildman–Crippen LogP) is 4.80. The van der Waals surface area contributed by atoms with Crippen LogP contribution in [0.15, 0.2) is 52.4 Å². The van der Waals surface area contributed by atoms with Crippen molar-refractivity contribution in [1.29, 1.82) is 0 Å². The van der Waals surface area contributed by atoms with Gasteiger partial charge < -0.3 is 0 Å². The number of fused-ring (bicyclic) bond motifs is 1. The third-order valence-electron chi connectivity index (χ3n) is 3.59. The van der Waals surface area contributed by atoms with E-state index in [1.54, 1.807) is 16.3 Å². The normalized spacial score (nSPS) is 11.1. The minimum absolute atomic E-state index is 0.00131. The highest BCUT2D eigenvalue weighted by Crippen LogP contribution is 2.24. The molecule has 0 N–H and O–H groups in total. The third-order valence-corrected chi connectivity index (χ3v) is 5.41. The summed E-state index contributed by atoms with van der Waals surface area (Å²) >= 11 is 3.86. The number of nitrogens with zero attached hydrogens (tertiary/aromatic N) is 2. The number of hydrogen-bond donors (Lipinski definition) is 0. The van der Waals surface area contributed by atoms with Crippen LogP contribution in [0, 0.1) is 10.5 Å². The van der Waals surface area contributed by atoms with Crippen LogP contribution in [0.25, 0.3) is 16.6 Å². The number of rotatable bonds is 4. The van der Waals surface area contributed by atoms with E-state index in [-0.39, 0.29) is 5.56 Å². The van der Waals surface area contributed by atoms with Crippen molar-refractivity contribution in [2.75, 3.05) is 5.75 Å². The minimum Gasteiger partial charge on any atom is -0.268 e. The largest absolute Gasteiger partial charge is 0.268 e. The first-order chi connectivity index (χ1) is 11.1. The molecule has 0 aliphatic heterocycles. The molecule has 0 bridgehead atoms. The Morgan fingerprint density at radius 2 is 2.00 bits per heavy atom. The Kier molecular flexibility index (Phi) is 5.06. The number of para-hydroxylation sites is 1. The van der Waals surface area contributed by atoms with Crippen LogP contribution in [0.3, 0.4) is 0 Å². The predicted molar refractivity (Wildman–Crippen MR) is 106 cm³/mol. The Bertz CT molecular complexity index is 921. The summed E-state index contributed by atoms with van der Waals surface area (Å²) in [5.41, 5.74) is 2.74. The molecular weight excluding hydrogens is 419 g/mol. The molecule has 0 aliphatic rings. The van der Waals surface area contributed by atoms with Crippen molar-refractivity contribution in [2.24, 2.45) is 0 Å². The lowest BCUT2D eigenvalue weighted by atomic mass is 10.2. The van der Waals surface area contributed by atoms with Crippen molar-refractivity contribution >= 4 is 45.3 Å². The molecule has 0 atom stereocenters. The molecule has 3 nitrogen and oxygen atoms in total. The summed E-state index contributed by atoms with van der Waals surface area (Å²) in [5, 5.41) is 1.43. The second-order valence-electron chi connectivity index (χ2n) is 5.33. The summed E-state index contributed by atoms with van der Waals surface area (Å²) in [5.74, 6) is 0.939. The van der Waals surface area contributed by atoms with Gasteiger partial charge in [-0.2, -0.15) is 0 Å². The summed E-state index contributed by atoms with van der Waals surface area (Å²) in [6.45, 7) is 4.15. The highest BCUT2D eigenvalue weighted by atomic mass is 127. The number of hydrogen-bond acceptors (Lipinski definition) is 3. The molecule has 0 aliphatic carbocycles. The molecule has 1 aromatic heterocycles. The van der Waals surface area contributed by atoms with E-state index in [9.17, 15) is 4.79 Å². The van der Waals surface area contributed by atoms with Gasteiger partial charge in [-0.25, -0.2) is 4.98 Å². The minimum atomic E-state index is 0.00131. The van der Waals surface area contributed by atoms with E-state index in [0.717, 1.165) is 37.7 Å². The standard InChI is InChI=1S/C18H17IN2OS/c1-3-10-23-18-20-15-9-8-13(19)11-14(15)17(22)21(18)16-7-5-4-6-12(16)2/h4-9,11H,3,10H2,1-2H3. The maximum atomic E-state index is 13.1. The van der Waals surface area contributed by atoms with E-state index < -0.39 is 0 Å². The zero-order valence-electron chi connectivity index (χ0n) is 13.0. The van der Waals surface area contributed by atoms with Gasteiger partial charge in [-0.1, -0.05) is 36.9 Å². The molecular formula is C18H17IN2OS. The lowest BCUT2D eigenvalue weighted by molar-refractivity contribution is 0.813. The molecule has 3 rings (SSSR count). The van der Waals surface area contributed by atoms with Crippen LogP contribution in [0.1, 0.15) is 18.9 Å². The highest BCUT2D eigenvalue weighted by Gasteiger charge is 2.14. The Morgan fingerprint density at radius 1 is 1.22 bits per heavy atom. The first-order valence-electron chi connectivity index (χ1n) is 7.53.